The summed E-state index contributed by atoms with van der Waals surface area (Å²) in [4.78, 5) is 15.1. The number of aromatic nitrogens is 3. The van der Waals surface area contributed by atoms with Crippen LogP contribution in [0.3, 0.4) is 0 Å². The Morgan fingerprint density at radius 1 is 1.00 bits per heavy atom. The van der Waals surface area contributed by atoms with Gasteiger partial charge in [-0.25, -0.2) is 15.0 Å². The predicted octanol–water partition coefficient (Wildman–Crippen LogP) is 5.41. The van der Waals surface area contributed by atoms with Gasteiger partial charge in [-0.2, -0.15) is 0 Å². The minimum Gasteiger partial charge on any atom is -0.350 e. The monoisotopic (exact) mass is 415 g/mol. The van der Waals surface area contributed by atoms with Crippen molar-refractivity contribution in [2.75, 3.05) is 5.32 Å². The van der Waals surface area contributed by atoms with Crippen molar-refractivity contribution in [3.8, 4) is 21.1 Å². The van der Waals surface area contributed by atoms with Gasteiger partial charge in [0.1, 0.15) is 5.01 Å². The maximum Gasteiger partial charge on any atom is 0.223 e. The summed E-state index contributed by atoms with van der Waals surface area (Å²) in [6, 6.07) is 17.3. The number of fused-ring (bicyclic) bond motifs is 1. The Balaban J connectivity index is 1.44. The summed E-state index contributed by atoms with van der Waals surface area (Å²) < 4.78 is 0. The van der Waals surface area contributed by atoms with Crippen LogP contribution < -0.4 is 11.1 Å². The number of nitrogens with two attached hydrogens (primary N) is 1. The standard InChI is InChI=1S/C24H25N5S/c1-15-22(21-12-13-26-24(29-21)28-20-9-5-4-8-19(20)25)30-23(27-15)18-11-10-16-6-2-3-7-17(16)14-18/h2-3,6-7,10-14,19-20H,4-5,8-9,25H2,1H3,(H,26,28,29)/t19-,20-/m1/s1. The molecule has 3 N–H and O–H groups in total. The number of nitrogens with zero attached hydrogens (tertiary/aromatic N) is 3. The Bertz CT molecular complexity index is 1190. The maximum absolute atomic E-state index is 6.28. The van der Waals surface area contributed by atoms with E-state index in [1.54, 1.807) is 11.3 Å². The van der Waals surface area contributed by atoms with Crippen LogP contribution in [0.1, 0.15) is 31.4 Å². The number of hydrogen-bond acceptors (Lipinski definition) is 6. The summed E-state index contributed by atoms with van der Waals surface area (Å²) in [6.07, 6.45) is 6.35. The minimum absolute atomic E-state index is 0.163. The quantitative estimate of drug-likeness (QED) is 0.466. The van der Waals surface area contributed by atoms with E-state index < -0.39 is 0 Å². The fourth-order valence-corrected chi connectivity index (χ4v) is 5.17. The van der Waals surface area contributed by atoms with Crippen molar-refractivity contribution in [3.63, 3.8) is 0 Å². The minimum atomic E-state index is 0.163. The van der Waals surface area contributed by atoms with Crippen LogP contribution in [-0.2, 0) is 0 Å². The smallest absolute Gasteiger partial charge is 0.223 e. The normalized spacial score (nSPS) is 19.1. The highest BCUT2D eigenvalue weighted by Crippen LogP contribution is 2.35. The van der Waals surface area contributed by atoms with Crippen LogP contribution in [0.15, 0.2) is 54.7 Å². The lowest BCUT2D eigenvalue weighted by Gasteiger charge is -2.29. The van der Waals surface area contributed by atoms with E-state index in [-0.39, 0.29) is 12.1 Å². The molecule has 1 saturated carbocycles. The van der Waals surface area contributed by atoms with Gasteiger partial charge in [0.05, 0.1) is 16.3 Å². The molecule has 4 aromatic rings. The Morgan fingerprint density at radius 2 is 1.83 bits per heavy atom. The third-order valence-electron chi connectivity index (χ3n) is 5.82. The molecule has 0 radical (unpaired) electrons. The van der Waals surface area contributed by atoms with E-state index in [1.165, 1.54) is 23.6 Å². The van der Waals surface area contributed by atoms with Gasteiger partial charge >= 0.3 is 0 Å². The zero-order valence-corrected chi connectivity index (χ0v) is 17.8. The number of aryl methyl sites for hydroxylation is 1. The fourth-order valence-electron chi connectivity index (χ4n) is 4.14. The highest BCUT2D eigenvalue weighted by Gasteiger charge is 2.22. The molecule has 0 amide bonds. The van der Waals surface area contributed by atoms with Gasteiger partial charge in [0.15, 0.2) is 0 Å². The predicted molar refractivity (Wildman–Crippen MR) is 125 cm³/mol. The number of nitrogens with one attached hydrogen (secondary N) is 1. The molecule has 30 heavy (non-hydrogen) atoms. The van der Waals surface area contributed by atoms with Gasteiger partial charge in [0.25, 0.3) is 0 Å². The Labute approximate surface area is 180 Å². The summed E-state index contributed by atoms with van der Waals surface area (Å²) in [7, 11) is 0. The van der Waals surface area contributed by atoms with E-state index in [4.69, 9.17) is 15.7 Å². The molecule has 6 heteroatoms. The highest BCUT2D eigenvalue weighted by atomic mass is 32.1. The Morgan fingerprint density at radius 3 is 2.70 bits per heavy atom. The van der Waals surface area contributed by atoms with Gasteiger partial charge < -0.3 is 11.1 Å². The molecule has 0 unspecified atom stereocenters. The van der Waals surface area contributed by atoms with Crippen molar-refractivity contribution in [1.82, 2.24) is 15.0 Å². The van der Waals surface area contributed by atoms with Gasteiger partial charge in [-0.3, -0.25) is 0 Å². The molecule has 0 aliphatic heterocycles. The topological polar surface area (TPSA) is 76.7 Å². The molecule has 5 nitrogen and oxygen atoms in total. The van der Waals surface area contributed by atoms with E-state index >= 15 is 0 Å². The summed E-state index contributed by atoms with van der Waals surface area (Å²) in [5.74, 6) is 0.648. The maximum atomic E-state index is 6.28. The van der Waals surface area contributed by atoms with Crippen molar-refractivity contribution in [1.29, 1.82) is 0 Å². The zero-order chi connectivity index (χ0) is 20.5. The van der Waals surface area contributed by atoms with E-state index in [2.05, 4.69) is 52.8 Å². The molecule has 0 spiro atoms. The van der Waals surface area contributed by atoms with Crippen molar-refractivity contribution >= 4 is 28.1 Å². The third kappa shape index (κ3) is 3.80. The van der Waals surface area contributed by atoms with Crippen LogP contribution in [-0.4, -0.2) is 27.0 Å². The lowest BCUT2D eigenvalue weighted by Crippen LogP contribution is -2.42. The van der Waals surface area contributed by atoms with Crippen molar-refractivity contribution in [2.24, 2.45) is 5.73 Å². The molecule has 0 bridgehead atoms. The second-order valence-electron chi connectivity index (χ2n) is 7.96. The Hall–Kier alpha value is -2.83. The second kappa shape index (κ2) is 8.13. The molecule has 1 aliphatic carbocycles. The molecule has 2 heterocycles. The number of rotatable bonds is 4. The van der Waals surface area contributed by atoms with Gasteiger partial charge in [0, 0.05) is 23.8 Å². The molecular formula is C24H25N5S. The van der Waals surface area contributed by atoms with Crippen LogP contribution in [0.4, 0.5) is 5.95 Å². The van der Waals surface area contributed by atoms with Crippen LogP contribution >= 0.6 is 11.3 Å². The fraction of sp³-hybridized carbons (Fsp3) is 0.292. The number of hydrogen-bond donors (Lipinski definition) is 2. The van der Waals surface area contributed by atoms with Gasteiger partial charge in [-0.1, -0.05) is 49.2 Å². The molecular weight excluding hydrogens is 390 g/mol. The second-order valence-corrected chi connectivity index (χ2v) is 8.96. The first kappa shape index (κ1) is 19.2. The van der Waals surface area contributed by atoms with Crippen molar-refractivity contribution < 1.29 is 0 Å². The highest BCUT2D eigenvalue weighted by molar-refractivity contribution is 7.18. The Kier molecular flexibility index (Phi) is 5.19. The first-order valence-corrected chi connectivity index (χ1v) is 11.3. The average Bonchev–Trinajstić information content (AvgIpc) is 3.17. The summed E-state index contributed by atoms with van der Waals surface area (Å²) in [5, 5.41) is 6.93. The van der Waals surface area contributed by atoms with E-state index in [1.807, 2.05) is 19.2 Å². The van der Waals surface area contributed by atoms with Crippen molar-refractivity contribution in [3.05, 3.63) is 60.4 Å². The third-order valence-corrected chi connectivity index (χ3v) is 7.04. The first-order valence-electron chi connectivity index (χ1n) is 10.5. The summed E-state index contributed by atoms with van der Waals surface area (Å²) in [5.41, 5.74) is 9.30. The van der Waals surface area contributed by atoms with Crippen molar-refractivity contribution in [2.45, 2.75) is 44.7 Å². The molecule has 0 saturated heterocycles. The number of anilines is 1. The number of benzene rings is 2. The van der Waals surface area contributed by atoms with Crippen LogP contribution in [0.2, 0.25) is 0 Å². The lowest BCUT2D eigenvalue weighted by molar-refractivity contribution is 0.402. The summed E-state index contributed by atoms with van der Waals surface area (Å²) >= 11 is 1.68. The lowest BCUT2D eigenvalue weighted by atomic mass is 9.91. The SMILES string of the molecule is Cc1nc(-c2ccc3ccccc3c2)sc1-c1ccnc(N[C@@H]2CCCC[C@H]2N)n1. The average molecular weight is 416 g/mol. The van der Waals surface area contributed by atoms with E-state index in [0.29, 0.717) is 5.95 Å². The van der Waals surface area contributed by atoms with Gasteiger partial charge in [0.2, 0.25) is 5.95 Å². The molecule has 2 aromatic carbocycles. The molecule has 2 atom stereocenters. The number of thiazole rings is 1. The largest absolute Gasteiger partial charge is 0.350 e. The molecule has 1 fully saturated rings. The molecule has 1 aliphatic rings. The molecule has 5 rings (SSSR count). The first-order chi connectivity index (χ1) is 14.7. The zero-order valence-electron chi connectivity index (χ0n) is 17.0. The van der Waals surface area contributed by atoms with E-state index in [0.717, 1.165) is 39.7 Å². The van der Waals surface area contributed by atoms with Crippen LogP contribution in [0.5, 0.6) is 0 Å². The molecule has 2 aromatic heterocycles. The summed E-state index contributed by atoms with van der Waals surface area (Å²) in [6.45, 7) is 2.04. The van der Waals surface area contributed by atoms with Crippen LogP contribution in [0, 0.1) is 6.92 Å². The van der Waals surface area contributed by atoms with Gasteiger partial charge in [-0.05, 0) is 42.7 Å². The van der Waals surface area contributed by atoms with Gasteiger partial charge in [-0.15, -0.1) is 11.3 Å². The van der Waals surface area contributed by atoms with E-state index in [9.17, 15) is 0 Å². The van der Waals surface area contributed by atoms with Crippen LogP contribution in [0.25, 0.3) is 31.9 Å². The molecule has 152 valence electrons.